The lowest BCUT2D eigenvalue weighted by Crippen LogP contribution is -2.22. The number of hydrogen-bond acceptors (Lipinski definition) is 4. The molecule has 0 spiro atoms. The van der Waals surface area contributed by atoms with Gasteiger partial charge in [-0.3, -0.25) is 9.59 Å². The van der Waals surface area contributed by atoms with Crippen LogP contribution in [0.3, 0.4) is 0 Å². The van der Waals surface area contributed by atoms with Gasteiger partial charge in [-0.2, -0.15) is 0 Å². The molecule has 1 rings (SSSR count). The average molecular weight is 335 g/mol. The number of amides is 1. The summed E-state index contributed by atoms with van der Waals surface area (Å²) in [6.07, 6.45) is 6.29. The van der Waals surface area contributed by atoms with Crippen LogP contribution in [-0.4, -0.2) is 29.2 Å². The summed E-state index contributed by atoms with van der Waals surface area (Å²) in [7, 11) is 1.48. The number of aliphatic carboxylic acids is 1. The van der Waals surface area contributed by atoms with E-state index >= 15 is 0 Å². The van der Waals surface area contributed by atoms with Crippen molar-refractivity contribution in [3.05, 3.63) is 35.9 Å². The van der Waals surface area contributed by atoms with Gasteiger partial charge in [0.15, 0.2) is 11.5 Å². The topological polar surface area (TPSA) is 95.9 Å². The number of allylic oxidation sites excluding steroid dienone is 1. The molecule has 0 aliphatic rings. The van der Waals surface area contributed by atoms with Crippen LogP contribution in [0.1, 0.15) is 38.2 Å². The van der Waals surface area contributed by atoms with E-state index in [1.54, 1.807) is 25.1 Å². The third-order valence-electron chi connectivity index (χ3n) is 3.57. The fraction of sp³-hybridized carbons (Fsp3) is 0.444. The largest absolute Gasteiger partial charge is 0.504 e. The summed E-state index contributed by atoms with van der Waals surface area (Å²) in [6.45, 7) is 2.01. The van der Waals surface area contributed by atoms with Crippen molar-refractivity contribution < 1.29 is 24.5 Å². The van der Waals surface area contributed by atoms with Crippen LogP contribution < -0.4 is 10.1 Å². The van der Waals surface area contributed by atoms with Crippen LogP contribution in [0.5, 0.6) is 11.5 Å². The number of rotatable bonds is 10. The van der Waals surface area contributed by atoms with Crippen molar-refractivity contribution in [1.29, 1.82) is 0 Å². The second-order valence-electron chi connectivity index (χ2n) is 5.58. The highest BCUT2D eigenvalue weighted by Crippen LogP contribution is 2.26. The van der Waals surface area contributed by atoms with Crippen molar-refractivity contribution in [2.75, 3.05) is 7.11 Å². The maximum atomic E-state index is 11.8. The summed E-state index contributed by atoms with van der Waals surface area (Å²) >= 11 is 0. The number of unbranched alkanes of at least 4 members (excludes halogenated alkanes) is 2. The molecule has 6 heteroatoms. The van der Waals surface area contributed by atoms with Crippen molar-refractivity contribution in [3.63, 3.8) is 0 Å². The number of carbonyl (C=O) groups is 2. The first-order valence-electron chi connectivity index (χ1n) is 7.96. The molecule has 0 aliphatic carbocycles. The number of phenols is 1. The van der Waals surface area contributed by atoms with E-state index in [-0.39, 0.29) is 11.7 Å². The van der Waals surface area contributed by atoms with Gasteiger partial charge < -0.3 is 20.3 Å². The number of aromatic hydroxyl groups is 1. The van der Waals surface area contributed by atoms with E-state index in [9.17, 15) is 14.7 Å². The molecule has 1 aromatic carbocycles. The van der Waals surface area contributed by atoms with Gasteiger partial charge in [-0.05, 0) is 43.9 Å². The van der Waals surface area contributed by atoms with Crippen molar-refractivity contribution in [2.24, 2.45) is 5.92 Å². The Morgan fingerprint density at radius 3 is 2.75 bits per heavy atom. The van der Waals surface area contributed by atoms with Gasteiger partial charge in [0, 0.05) is 13.0 Å². The maximum absolute atomic E-state index is 11.8. The Bertz CT molecular complexity index is 583. The molecule has 0 aliphatic heterocycles. The Hall–Kier alpha value is -2.50. The van der Waals surface area contributed by atoms with E-state index in [4.69, 9.17) is 9.84 Å². The predicted octanol–water partition coefficient (Wildman–Crippen LogP) is 2.85. The number of ether oxygens (including phenoxy) is 1. The van der Waals surface area contributed by atoms with Gasteiger partial charge >= 0.3 is 5.97 Å². The van der Waals surface area contributed by atoms with Crippen molar-refractivity contribution in [2.45, 2.75) is 39.2 Å². The zero-order valence-corrected chi connectivity index (χ0v) is 14.1. The molecule has 0 fully saturated rings. The first-order chi connectivity index (χ1) is 11.4. The normalized spacial score (nSPS) is 12.1. The first-order valence-corrected chi connectivity index (χ1v) is 7.96. The zero-order chi connectivity index (χ0) is 17.9. The van der Waals surface area contributed by atoms with Crippen LogP contribution in [0.25, 0.3) is 0 Å². The van der Waals surface area contributed by atoms with Gasteiger partial charge in [0.05, 0.1) is 13.0 Å². The molecule has 24 heavy (non-hydrogen) atoms. The molecule has 0 heterocycles. The molecule has 0 aromatic heterocycles. The highest BCUT2D eigenvalue weighted by molar-refractivity contribution is 5.75. The number of carbonyl (C=O) groups excluding carboxylic acids is 1. The molecule has 0 radical (unpaired) electrons. The van der Waals surface area contributed by atoms with Gasteiger partial charge in [0.25, 0.3) is 0 Å². The summed E-state index contributed by atoms with van der Waals surface area (Å²) in [6, 6.07) is 4.95. The van der Waals surface area contributed by atoms with Gasteiger partial charge in [0.1, 0.15) is 0 Å². The van der Waals surface area contributed by atoms with E-state index in [1.165, 1.54) is 13.2 Å². The van der Waals surface area contributed by atoms with E-state index in [0.717, 1.165) is 24.8 Å². The second kappa shape index (κ2) is 10.3. The molecular formula is C18H25NO5. The fourth-order valence-corrected chi connectivity index (χ4v) is 2.05. The monoisotopic (exact) mass is 335 g/mol. The Kier molecular flexibility index (Phi) is 8.39. The summed E-state index contributed by atoms with van der Waals surface area (Å²) < 4.78 is 5.02. The molecule has 1 unspecified atom stereocenters. The number of methoxy groups -OCH3 is 1. The van der Waals surface area contributed by atoms with Crippen molar-refractivity contribution in [1.82, 2.24) is 5.32 Å². The third-order valence-corrected chi connectivity index (χ3v) is 3.57. The number of nitrogens with one attached hydrogen (secondary N) is 1. The number of carboxylic acid groups (broad SMARTS) is 1. The number of hydrogen-bond donors (Lipinski definition) is 3. The maximum Gasteiger partial charge on any atom is 0.310 e. The van der Waals surface area contributed by atoms with Crippen LogP contribution in [0.15, 0.2) is 30.4 Å². The minimum atomic E-state index is -0.837. The second-order valence-corrected chi connectivity index (χ2v) is 5.58. The van der Waals surface area contributed by atoms with Gasteiger partial charge in [-0.15, -0.1) is 0 Å². The van der Waals surface area contributed by atoms with Crippen LogP contribution in [0, 0.1) is 5.92 Å². The fourth-order valence-electron chi connectivity index (χ4n) is 2.05. The Balaban J connectivity index is 2.22. The molecule has 3 N–H and O–H groups in total. The summed E-state index contributed by atoms with van der Waals surface area (Å²) in [4.78, 5) is 22.4. The zero-order valence-electron chi connectivity index (χ0n) is 14.1. The number of carboxylic acids is 1. The molecule has 0 bridgehead atoms. The molecule has 1 aromatic rings. The van der Waals surface area contributed by atoms with Crippen LogP contribution in [0.2, 0.25) is 0 Å². The molecule has 132 valence electrons. The van der Waals surface area contributed by atoms with Gasteiger partial charge in [-0.1, -0.05) is 18.2 Å². The molecular weight excluding hydrogens is 310 g/mol. The Morgan fingerprint density at radius 2 is 2.08 bits per heavy atom. The van der Waals surface area contributed by atoms with Crippen molar-refractivity contribution >= 4 is 11.9 Å². The quantitative estimate of drug-likeness (QED) is 0.451. The van der Waals surface area contributed by atoms with Gasteiger partial charge in [0.2, 0.25) is 5.91 Å². The van der Waals surface area contributed by atoms with Gasteiger partial charge in [-0.25, -0.2) is 0 Å². The van der Waals surface area contributed by atoms with E-state index in [1.807, 2.05) is 6.08 Å². The minimum Gasteiger partial charge on any atom is -0.504 e. The third kappa shape index (κ3) is 7.17. The average Bonchev–Trinajstić information content (AvgIpc) is 2.56. The van der Waals surface area contributed by atoms with Crippen LogP contribution in [0.4, 0.5) is 0 Å². The molecule has 6 nitrogen and oxygen atoms in total. The summed E-state index contributed by atoms with van der Waals surface area (Å²) in [5.41, 5.74) is 0.851. The van der Waals surface area contributed by atoms with Crippen molar-refractivity contribution in [3.8, 4) is 11.5 Å². The lowest BCUT2D eigenvalue weighted by Gasteiger charge is -2.08. The molecule has 1 amide bonds. The lowest BCUT2D eigenvalue weighted by molar-refractivity contribution is -0.139. The minimum absolute atomic E-state index is 0.0371. The highest BCUT2D eigenvalue weighted by Gasteiger charge is 2.06. The molecule has 1 atom stereocenters. The highest BCUT2D eigenvalue weighted by atomic mass is 16.5. The number of benzene rings is 1. The Morgan fingerprint density at radius 1 is 1.33 bits per heavy atom. The van der Waals surface area contributed by atoms with E-state index < -0.39 is 11.9 Å². The SMILES string of the molecule is COc1cc(CNC(=O)CCCC/C=C/C(C)C(=O)O)ccc1O. The standard InChI is InChI=1S/C18H25NO5/c1-13(18(22)23)7-5-3-4-6-8-17(21)19-12-14-9-10-15(20)16(11-14)24-2/h5,7,9-11,13,20H,3-4,6,8,12H2,1-2H3,(H,19,21)(H,22,23)/b7-5+. The Labute approximate surface area is 142 Å². The van der Waals surface area contributed by atoms with E-state index in [0.29, 0.717) is 18.7 Å². The number of phenolic OH excluding ortho intramolecular Hbond substituents is 1. The van der Waals surface area contributed by atoms with Crippen LogP contribution >= 0.6 is 0 Å². The first kappa shape index (κ1) is 19.5. The predicted molar refractivity (Wildman–Crippen MR) is 90.9 cm³/mol. The lowest BCUT2D eigenvalue weighted by atomic mass is 10.1. The van der Waals surface area contributed by atoms with E-state index in [2.05, 4.69) is 5.32 Å². The summed E-state index contributed by atoms with van der Waals surface area (Å²) in [5, 5.41) is 21.1. The summed E-state index contributed by atoms with van der Waals surface area (Å²) in [5.74, 6) is -0.904. The molecule has 0 saturated carbocycles. The smallest absolute Gasteiger partial charge is 0.310 e. The molecule has 0 saturated heterocycles. The van der Waals surface area contributed by atoms with Crippen LogP contribution in [-0.2, 0) is 16.1 Å².